The molecule has 0 saturated carbocycles. The Balaban J connectivity index is 1.56. The molecule has 0 fully saturated rings. The Morgan fingerprint density at radius 1 is 1.05 bits per heavy atom. The monoisotopic (exact) mass is 514 g/mol. The van der Waals surface area contributed by atoms with Crippen molar-refractivity contribution in [1.82, 2.24) is 14.8 Å². The molecule has 2 aromatic heterocycles. The molecular formula is C29H30N4O5. The molecule has 0 amide bonds. The van der Waals surface area contributed by atoms with Gasteiger partial charge in [-0.25, -0.2) is 0 Å². The summed E-state index contributed by atoms with van der Waals surface area (Å²) in [6.45, 7) is 6.19. The van der Waals surface area contributed by atoms with Gasteiger partial charge in [0.15, 0.2) is 0 Å². The van der Waals surface area contributed by atoms with Crippen molar-refractivity contribution in [3.05, 3.63) is 88.7 Å². The first-order valence-corrected chi connectivity index (χ1v) is 12.3. The van der Waals surface area contributed by atoms with Crippen LogP contribution in [0.25, 0.3) is 10.9 Å². The smallest absolute Gasteiger partial charge is 0.310 e. The molecule has 0 spiro atoms. The first kappa shape index (κ1) is 26.5. The summed E-state index contributed by atoms with van der Waals surface area (Å²) in [7, 11) is 0. The third-order valence-corrected chi connectivity index (χ3v) is 6.88. The van der Waals surface area contributed by atoms with Crippen molar-refractivity contribution in [2.24, 2.45) is 10.6 Å². The van der Waals surface area contributed by atoms with E-state index in [-0.39, 0.29) is 6.42 Å². The second kappa shape index (κ2) is 11.2. The zero-order valence-electron chi connectivity index (χ0n) is 21.6. The van der Waals surface area contributed by atoms with Gasteiger partial charge >= 0.3 is 11.9 Å². The number of oxime groups is 1. The normalized spacial score (nSPS) is 13.0. The number of nitrogens with zero attached hydrogens (tertiary/aromatic N) is 4. The van der Waals surface area contributed by atoms with Crippen molar-refractivity contribution < 1.29 is 24.6 Å². The van der Waals surface area contributed by atoms with Crippen LogP contribution in [0.5, 0.6) is 5.88 Å². The van der Waals surface area contributed by atoms with Crippen LogP contribution in [0.3, 0.4) is 0 Å². The largest absolute Gasteiger partial charge is 0.481 e. The highest BCUT2D eigenvalue weighted by Crippen LogP contribution is 2.31. The highest BCUT2D eigenvalue weighted by Gasteiger charge is 2.36. The van der Waals surface area contributed by atoms with Crippen LogP contribution in [-0.2, 0) is 29.0 Å². The zero-order valence-corrected chi connectivity index (χ0v) is 21.6. The highest BCUT2D eigenvalue weighted by molar-refractivity contribution is 5.88. The van der Waals surface area contributed by atoms with Crippen molar-refractivity contribution in [2.75, 3.05) is 0 Å². The van der Waals surface area contributed by atoms with E-state index < -0.39 is 23.8 Å². The van der Waals surface area contributed by atoms with Crippen molar-refractivity contribution >= 4 is 29.1 Å². The minimum Gasteiger partial charge on any atom is -0.481 e. The molecule has 1 unspecified atom stereocenters. The maximum absolute atomic E-state index is 11.8. The van der Waals surface area contributed by atoms with Gasteiger partial charge in [-0.05, 0) is 49.4 Å². The van der Waals surface area contributed by atoms with E-state index in [1.807, 2.05) is 37.3 Å². The molecule has 0 aliphatic rings. The fourth-order valence-corrected chi connectivity index (χ4v) is 4.61. The molecule has 0 bridgehead atoms. The van der Waals surface area contributed by atoms with Crippen molar-refractivity contribution in [2.45, 2.75) is 46.6 Å². The number of aliphatic carboxylic acids is 2. The summed E-state index contributed by atoms with van der Waals surface area (Å²) in [4.78, 5) is 28.8. The van der Waals surface area contributed by atoms with Gasteiger partial charge in [0.05, 0.1) is 18.0 Å². The van der Waals surface area contributed by atoms with E-state index in [2.05, 4.69) is 39.0 Å². The number of rotatable bonds is 11. The molecule has 1 atom stereocenters. The Kier molecular flexibility index (Phi) is 7.85. The Bertz CT molecular complexity index is 1500. The molecule has 4 aromatic rings. The van der Waals surface area contributed by atoms with Gasteiger partial charge in [-0.3, -0.25) is 9.59 Å². The fourth-order valence-electron chi connectivity index (χ4n) is 4.61. The van der Waals surface area contributed by atoms with E-state index in [0.29, 0.717) is 18.8 Å². The lowest BCUT2D eigenvalue weighted by atomic mass is 9.79. The average molecular weight is 515 g/mol. The van der Waals surface area contributed by atoms with Gasteiger partial charge in [0, 0.05) is 30.3 Å². The number of benzene rings is 2. The number of carbonyl (C=O) groups is 2. The molecule has 0 aliphatic carbocycles. The molecule has 4 rings (SSSR count). The number of aromatic nitrogens is 3. The Labute approximate surface area is 220 Å². The maximum atomic E-state index is 11.8. The SMILES string of the molecule is Cc1c(C)n(Cc2ccccc2)c2c(ON=CCc3ccccc3CC(C)(CC(=O)O)C(=O)O)nncc12. The van der Waals surface area contributed by atoms with Gasteiger partial charge in [-0.15, -0.1) is 5.10 Å². The molecule has 9 nitrogen and oxygen atoms in total. The first-order chi connectivity index (χ1) is 18.2. The Morgan fingerprint density at radius 2 is 1.74 bits per heavy atom. The molecule has 2 aromatic carbocycles. The van der Waals surface area contributed by atoms with Crippen molar-refractivity contribution in [3.63, 3.8) is 0 Å². The van der Waals surface area contributed by atoms with Crippen LogP contribution >= 0.6 is 0 Å². The molecule has 2 heterocycles. The quantitative estimate of drug-likeness (QED) is 0.217. The Morgan fingerprint density at radius 3 is 2.42 bits per heavy atom. The molecular weight excluding hydrogens is 484 g/mol. The number of fused-ring (bicyclic) bond motifs is 1. The summed E-state index contributed by atoms with van der Waals surface area (Å²) in [5.41, 5.74) is 4.28. The van der Waals surface area contributed by atoms with E-state index in [1.165, 1.54) is 6.92 Å². The summed E-state index contributed by atoms with van der Waals surface area (Å²) < 4.78 is 2.14. The van der Waals surface area contributed by atoms with E-state index >= 15 is 0 Å². The fraction of sp³-hybridized carbons (Fsp3) is 0.276. The maximum Gasteiger partial charge on any atom is 0.310 e. The first-order valence-electron chi connectivity index (χ1n) is 12.3. The van der Waals surface area contributed by atoms with Crippen LogP contribution in [0.4, 0.5) is 0 Å². The van der Waals surface area contributed by atoms with Gasteiger partial charge in [0.25, 0.3) is 5.88 Å². The lowest BCUT2D eigenvalue weighted by Gasteiger charge is -2.24. The van der Waals surface area contributed by atoms with Crippen LogP contribution in [0, 0.1) is 19.3 Å². The number of aryl methyl sites for hydroxylation is 1. The lowest BCUT2D eigenvalue weighted by molar-refractivity contribution is -0.154. The van der Waals surface area contributed by atoms with Gasteiger partial charge in [-0.1, -0.05) is 59.8 Å². The van der Waals surface area contributed by atoms with Crippen molar-refractivity contribution in [1.29, 1.82) is 0 Å². The molecule has 9 heteroatoms. The predicted molar refractivity (Wildman–Crippen MR) is 144 cm³/mol. The summed E-state index contributed by atoms with van der Waals surface area (Å²) >= 11 is 0. The van der Waals surface area contributed by atoms with Gasteiger partial charge in [0.2, 0.25) is 0 Å². The molecule has 38 heavy (non-hydrogen) atoms. The number of hydrogen-bond donors (Lipinski definition) is 2. The van der Waals surface area contributed by atoms with Crippen LogP contribution < -0.4 is 4.84 Å². The summed E-state index contributed by atoms with van der Waals surface area (Å²) in [5, 5.41) is 32.3. The number of carboxylic acids is 2. The molecule has 196 valence electrons. The van der Waals surface area contributed by atoms with E-state index in [4.69, 9.17) is 4.84 Å². The van der Waals surface area contributed by atoms with Crippen LogP contribution in [0.1, 0.15) is 41.3 Å². The molecule has 0 radical (unpaired) electrons. The predicted octanol–water partition coefficient (Wildman–Crippen LogP) is 4.81. The standard InChI is InChI=1S/C29H30N4O5/c1-19-20(2)33(18-21-9-5-4-6-10-21)26-24(19)17-30-32-27(26)38-31-14-13-22-11-7-8-12-23(22)15-29(3,28(36)37)16-25(34)35/h4-12,14,17H,13,15-16,18H2,1-3H3,(H,34,35)(H,36,37). The topological polar surface area (TPSA) is 127 Å². The summed E-state index contributed by atoms with van der Waals surface area (Å²) in [6, 6.07) is 17.4. The van der Waals surface area contributed by atoms with Crippen LogP contribution in [-0.4, -0.2) is 43.1 Å². The van der Waals surface area contributed by atoms with Gasteiger partial charge < -0.3 is 19.6 Å². The third-order valence-electron chi connectivity index (χ3n) is 6.88. The summed E-state index contributed by atoms with van der Waals surface area (Å²) in [6.07, 6.45) is 3.28. The number of carboxylic acid groups (broad SMARTS) is 2. The highest BCUT2D eigenvalue weighted by atomic mass is 16.6. The second-order valence-electron chi connectivity index (χ2n) is 9.66. The minimum absolute atomic E-state index is 0.0792. The number of hydrogen-bond acceptors (Lipinski definition) is 6. The lowest BCUT2D eigenvalue weighted by Crippen LogP contribution is -2.33. The zero-order chi connectivity index (χ0) is 27.3. The Hall–Kier alpha value is -4.53. The van der Waals surface area contributed by atoms with Gasteiger partial charge in [0.1, 0.15) is 5.52 Å². The van der Waals surface area contributed by atoms with E-state index in [1.54, 1.807) is 24.5 Å². The van der Waals surface area contributed by atoms with Gasteiger partial charge in [-0.2, -0.15) is 5.10 Å². The van der Waals surface area contributed by atoms with Crippen LogP contribution in [0.15, 0.2) is 65.9 Å². The van der Waals surface area contributed by atoms with Crippen LogP contribution in [0.2, 0.25) is 0 Å². The minimum atomic E-state index is -1.43. The molecule has 0 saturated heterocycles. The van der Waals surface area contributed by atoms with Crippen molar-refractivity contribution in [3.8, 4) is 5.88 Å². The van der Waals surface area contributed by atoms with E-state index in [9.17, 15) is 19.8 Å². The third kappa shape index (κ3) is 5.72. The molecule has 2 N–H and O–H groups in total. The van der Waals surface area contributed by atoms with E-state index in [0.717, 1.165) is 38.9 Å². The average Bonchev–Trinajstić information content (AvgIpc) is 3.13. The molecule has 0 aliphatic heterocycles. The summed E-state index contributed by atoms with van der Waals surface area (Å²) in [5.74, 6) is -2.01. The second-order valence-corrected chi connectivity index (χ2v) is 9.66.